The molecule has 0 aliphatic heterocycles. The molecular formula is C14H22N2O4S. The maximum atomic E-state index is 12.0. The van der Waals surface area contributed by atoms with Gasteiger partial charge in [-0.1, -0.05) is 32.0 Å². The number of anilines is 1. The van der Waals surface area contributed by atoms with Gasteiger partial charge in [0.25, 0.3) is 0 Å². The summed E-state index contributed by atoms with van der Waals surface area (Å²) in [5.41, 5.74) is 1.59. The minimum atomic E-state index is -3.44. The summed E-state index contributed by atoms with van der Waals surface area (Å²) < 4.78 is 29.8. The summed E-state index contributed by atoms with van der Waals surface area (Å²) in [6.45, 7) is 4.34. The molecule has 21 heavy (non-hydrogen) atoms. The Morgan fingerprint density at radius 1 is 1.33 bits per heavy atom. The van der Waals surface area contributed by atoms with Gasteiger partial charge in [0.05, 0.1) is 25.6 Å². The number of methoxy groups -OCH3 is 1. The summed E-state index contributed by atoms with van der Waals surface area (Å²) in [7, 11) is -2.18. The van der Waals surface area contributed by atoms with E-state index in [1.807, 2.05) is 26.0 Å². The Labute approximate surface area is 126 Å². The van der Waals surface area contributed by atoms with Crippen LogP contribution >= 0.6 is 0 Å². The van der Waals surface area contributed by atoms with Crippen LogP contribution in [0.2, 0.25) is 0 Å². The fourth-order valence-electron chi connectivity index (χ4n) is 2.00. The molecule has 0 radical (unpaired) electrons. The zero-order chi connectivity index (χ0) is 16.0. The SMILES string of the molecule is COC(=O)NCCN(c1ccccc1C(C)C)S(C)(=O)=O. The van der Waals surface area contributed by atoms with Crippen molar-refractivity contribution in [2.24, 2.45) is 0 Å². The Hall–Kier alpha value is -1.76. The van der Waals surface area contributed by atoms with Gasteiger partial charge in [-0.25, -0.2) is 13.2 Å². The predicted octanol–water partition coefficient (Wildman–Crippen LogP) is 1.93. The third kappa shape index (κ3) is 4.93. The Morgan fingerprint density at radius 2 is 1.95 bits per heavy atom. The molecule has 0 heterocycles. The van der Waals surface area contributed by atoms with Gasteiger partial charge < -0.3 is 10.1 Å². The molecule has 0 aromatic heterocycles. The van der Waals surface area contributed by atoms with Gasteiger partial charge in [-0.15, -0.1) is 0 Å². The fourth-order valence-corrected chi connectivity index (χ4v) is 2.95. The van der Waals surface area contributed by atoms with E-state index in [1.165, 1.54) is 11.4 Å². The van der Waals surface area contributed by atoms with Crippen LogP contribution in [0.3, 0.4) is 0 Å². The molecule has 0 unspecified atom stereocenters. The molecule has 1 rings (SSSR count). The van der Waals surface area contributed by atoms with Crippen LogP contribution in [-0.4, -0.2) is 41.0 Å². The monoisotopic (exact) mass is 314 g/mol. The number of nitrogens with zero attached hydrogens (tertiary/aromatic N) is 1. The molecule has 7 heteroatoms. The van der Waals surface area contributed by atoms with Crippen LogP contribution in [0, 0.1) is 0 Å². The number of carbonyl (C=O) groups excluding carboxylic acids is 1. The van der Waals surface area contributed by atoms with Gasteiger partial charge in [-0.3, -0.25) is 4.31 Å². The van der Waals surface area contributed by atoms with Crippen molar-refractivity contribution < 1.29 is 17.9 Å². The van der Waals surface area contributed by atoms with Gasteiger partial charge in [-0.2, -0.15) is 0 Å². The Balaban J connectivity index is 3.02. The quantitative estimate of drug-likeness (QED) is 0.870. The molecule has 6 nitrogen and oxygen atoms in total. The third-order valence-corrected chi connectivity index (χ3v) is 4.18. The first-order chi connectivity index (χ1) is 9.77. The summed E-state index contributed by atoms with van der Waals surface area (Å²) in [6, 6.07) is 7.36. The molecule has 0 atom stereocenters. The Bertz CT molecular complexity index is 584. The largest absolute Gasteiger partial charge is 0.453 e. The molecule has 0 saturated carbocycles. The molecule has 1 aromatic rings. The van der Waals surface area contributed by atoms with Crippen molar-refractivity contribution in [1.29, 1.82) is 0 Å². The van der Waals surface area contributed by atoms with Gasteiger partial charge in [0.15, 0.2) is 0 Å². The lowest BCUT2D eigenvalue weighted by molar-refractivity contribution is 0.171. The number of nitrogens with one attached hydrogen (secondary N) is 1. The molecule has 1 aromatic carbocycles. The molecule has 0 fully saturated rings. The lowest BCUT2D eigenvalue weighted by Gasteiger charge is -2.26. The van der Waals surface area contributed by atoms with E-state index < -0.39 is 16.1 Å². The van der Waals surface area contributed by atoms with Crippen LogP contribution in [0.4, 0.5) is 10.5 Å². The zero-order valence-electron chi connectivity index (χ0n) is 12.8. The first-order valence-corrected chi connectivity index (χ1v) is 8.50. The van der Waals surface area contributed by atoms with Gasteiger partial charge in [0.1, 0.15) is 0 Å². The first-order valence-electron chi connectivity index (χ1n) is 6.65. The first kappa shape index (κ1) is 17.3. The zero-order valence-corrected chi connectivity index (χ0v) is 13.6. The molecule has 0 saturated heterocycles. The number of hydrogen-bond acceptors (Lipinski definition) is 4. The van der Waals surface area contributed by atoms with Crippen LogP contribution in [0.5, 0.6) is 0 Å². The van der Waals surface area contributed by atoms with E-state index in [4.69, 9.17) is 0 Å². The summed E-state index contributed by atoms with van der Waals surface area (Å²) in [6.07, 6.45) is 0.572. The molecule has 0 spiro atoms. The van der Waals surface area contributed by atoms with Gasteiger partial charge in [0.2, 0.25) is 10.0 Å². The number of sulfonamides is 1. The Morgan fingerprint density at radius 3 is 2.48 bits per heavy atom. The van der Waals surface area contributed by atoms with Crippen molar-refractivity contribution >= 4 is 21.8 Å². The number of benzene rings is 1. The Kier molecular flexibility index (Phi) is 6.02. The average Bonchev–Trinajstić information content (AvgIpc) is 2.41. The number of carbonyl (C=O) groups is 1. The lowest BCUT2D eigenvalue weighted by atomic mass is 10.0. The third-order valence-electron chi connectivity index (χ3n) is 3.00. The van der Waals surface area contributed by atoms with Gasteiger partial charge in [0, 0.05) is 6.54 Å². The van der Waals surface area contributed by atoms with Crippen LogP contribution in [0.25, 0.3) is 0 Å². The van der Waals surface area contributed by atoms with Crippen molar-refractivity contribution in [3.05, 3.63) is 29.8 Å². The lowest BCUT2D eigenvalue weighted by Crippen LogP contribution is -2.38. The minimum absolute atomic E-state index is 0.150. The van der Waals surface area contributed by atoms with Gasteiger partial charge >= 0.3 is 6.09 Å². The second-order valence-electron chi connectivity index (χ2n) is 4.97. The maximum Gasteiger partial charge on any atom is 0.406 e. The fraction of sp³-hybridized carbons (Fsp3) is 0.500. The number of hydrogen-bond donors (Lipinski definition) is 1. The topological polar surface area (TPSA) is 75.7 Å². The number of rotatable bonds is 6. The summed E-state index contributed by atoms with van der Waals surface area (Å²) >= 11 is 0. The molecule has 0 aliphatic rings. The molecule has 1 amide bonds. The van der Waals surface area contributed by atoms with Crippen molar-refractivity contribution in [1.82, 2.24) is 5.32 Å². The summed E-state index contributed by atoms with van der Waals surface area (Å²) in [5, 5.41) is 2.49. The number of alkyl carbamates (subject to hydrolysis) is 1. The van der Waals surface area contributed by atoms with E-state index in [0.29, 0.717) is 5.69 Å². The second-order valence-corrected chi connectivity index (χ2v) is 6.87. The van der Waals surface area contributed by atoms with E-state index in [1.54, 1.807) is 12.1 Å². The average molecular weight is 314 g/mol. The number of para-hydroxylation sites is 1. The number of amides is 1. The van der Waals surface area contributed by atoms with E-state index in [2.05, 4.69) is 10.1 Å². The molecule has 0 bridgehead atoms. The van der Waals surface area contributed by atoms with Crippen molar-refractivity contribution in [2.75, 3.05) is 30.8 Å². The minimum Gasteiger partial charge on any atom is -0.453 e. The van der Waals surface area contributed by atoms with Crippen LogP contribution in [0.15, 0.2) is 24.3 Å². The van der Waals surface area contributed by atoms with Gasteiger partial charge in [-0.05, 0) is 17.5 Å². The molecule has 118 valence electrons. The van der Waals surface area contributed by atoms with Crippen LogP contribution in [-0.2, 0) is 14.8 Å². The maximum absolute atomic E-state index is 12.0. The van der Waals surface area contributed by atoms with Crippen molar-refractivity contribution in [3.63, 3.8) is 0 Å². The van der Waals surface area contributed by atoms with Crippen LogP contribution in [0.1, 0.15) is 25.3 Å². The van der Waals surface area contributed by atoms with Crippen molar-refractivity contribution in [2.45, 2.75) is 19.8 Å². The highest BCUT2D eigenvalue weighted by Gasteiger charge is 2.21. The highest BCUT2D eigenvalue weighted by molar-refractivity contribution is 7.92. The molecule has 0 aliphatic carbocycles. The standard InChI is InChI=1S/C14H22N2O4S/c1-11(2)12-7-5-6-8-13(12)16(21(4,18)19)10-9-15-14(17)20-3/h5-8,11H,9-10H2,1-4H3,(H,15,17). The molecular weight excluding hydrogens is 292 g/mol. The second kappa shape index (κ2) is 7.31. The van der Waals surface area contributed by atoms with E-state index in [0.717, 1.165) is 11.8 Å². The predicted molar refractivity (Wildman–Crippen MR) is 83.1 cm³/mol. The molecule has 1 N–H and O–H groups in total. The smallest absolute Gasteiger partial charge is 0.406 e. The number of ether oxygens (including phenoxy) is 1. The van der Waals surface area contributed by atoms with Crippen LogP contribution < -0.4 is 9.62 Å². The van der Waals surface area contributed by atoms with E-state index in [9.17, 15) is 13.2 Å². The highest BCUT2D eigenvalue weighted by atomic mass is 32.2. The van der Waals surface area contributed by atoms with E-state index >= 15 is 0 Å². The normalized spacial score (nSPS) is 11.3. The van der Waals surface area contributed by atoms with E-state index in [-0.39, 0.29) is 19.0 Å². The summed E-state index contributed by atoms with van der Waals surface area (Å²) in [5.74, 6) is 0.194. The highest BCUT2D eigenvalue weighted by Crippen LogP contribution is 2.28. The van der Waals surface area contributed by atoms with Crippen molar-refractivity contribution in [3.8, 4) is 0 Å². The summed E-state index contributed by atoms with van der Waals surface area (Å²) in [4.78, 5) is 11.1.